The maximum Gasteiger partial charge on any atom is 0.410 e. The van der Waals surface area contributed by atoms with Crippen LogP contribution in [0, 0.1) is 5.82 Å². The molecule has 2 aromatic carbocycles. The van der Waals surface area contributed by atoms with Gasteiger partial charge in [-0.1, -0.05) is 23.4 Å². The van der Waals surface area contributed by atoms with Crippen molar-refractivity contribution in [2.24, 2.45) is 0 Å². The molecule has 0 atom stereocenters. The summed E-state index contributed by atoms with van der Waals surface area (Å²) in [7, 11) is 0. The summed E-state index contributed by atoms with van der Waals surface area (Å²) in [6, 6.07) is 11.8. The second kappa shape index (κ2) is 8.54. The summed E-state index contributed by atoms with van der Waals surface area (Å²) in [6.07, 6.45) is 0.225. The lowest BCUT2D eigenvalue weighted by atomic mass is 9.84. The van der Waals surface area contributed by atoms with Gasteiger partial charge in [-0.3, -0.25) is 0 Å². The summed E-state index contributed by atoms with van der Waals surface area (Å²) >= 11 is 7.40. The monoisotopic (exact) mass is 437 g/mol. The van der Waals surface area contributed by atoms with Gasteiger partial charge in [0.05, 0.1) is 5.60 Å². The number of hydrogen-bond donors (Lipinski definition) is 1. The second-order valence-corrected chi connectivity index (χ2v) is 9.75. The molecule has 0 aliphatic carbocycles. The first-order valence-corrected chi connectivity index (χ1v) is 10.7. The summed E-state index contributed by atoms with van der Waals surface area (Å²) in [4.78, 5) is 15.6. The van der Waals surface area contributed by atoms with Gasteiger partial charge in [0.2, 0.25) is 0 Å². The first kappa shape index (κ1) is 21.9. The fourth-order valence-corrected chi connectivity index (χ4v) is 4.39. The van der Waals surface area contributed by atoms with E-state index in [0.717, 1.165) is 9.79 Å². The van der Waals surface area contributed by atoms with Crippen molar-refractivity contribution < 1.29 is 19.0 Å². The quantitative estimate of drug-likeness (QED) is 0.654. The van der Waals surface area contributed by atoms with Gasteiger partial charge in [0.25, 0.3) is 0 Å². The number of rotatable bonds is 3. The molecule has 156 valence electrons. The molecule has 0 bridgehead atoms. The van der Waals surface area contributed by atoms with Crippen LogP contribution < -0.4 is 0 Å². The average Bonchev–Trinajstić information content (AvgIpc) is 2.64. The highest BCUT2D eigenvalue weighted by atomic mass is 35.5. The Morgan fingerprint density at radius 1 is 1.17 bits per heavy atom. The highest BCUT2D eigenvalue weighted by Crippen LogP contribution is 2.41. The van der Waals surface area contributed by atoms with Gasteiger partial charge in [0.15, 0.2) is 0 Å². The zero-order valence-electron chi connectivity index (χ0n) is 16.7. The highest BCUT2D eigenvalue weighted by Gasteiger charge is 2.38. The number of carbonyl (C=O) groups excluding carboxylic acids is 1. The van der Waals surface area contributed by atoms with E-state index in [2.05, 4.69) is 0 Å². The fourth-order valence-electron chi connectivity index (χ4n) is 3.24. The molecule has 3 rings (SSSR count). The van der Waals surface area contributed by atoms with Gasteiger partial charge in [0.1, 0.15) is 11.4 Å². The van der Waals surface area contributed by atoms with Gasteiger partial charge < -0.3 is 14.7 Å². The number of piperidine rings is 1. The minimum atomic E-state index is -1.21. The smallest absolute Gasteiger partial charge is 0.410 e. The fraction of sp³-hybridized carbons (Fsp3) is 0.409. The van der Waals surface area contributed by atoms with Crippen LogP contribution >= 0.6 is 23.4 Å². The number of halogens is 2. The molecule has 1 fully saturated rings. The van der Waals surface area contributed by atoms with Crippen LogP contribution in [-0.4, -0.2) is 34.8 Å². The predicted octanol–water partition coefficient (Wildman–Crippen LogP) is 5.85. The number of ether oxygens (including phenoxy) is 1. The van der Waals surface area contributed by atoms with Crippen LogP contribution in [0.2, 0.25) is 5.02 Å². The SMILES string of the molecule is CC(C)(C)OC(=O)N1CCC(O)(c2cc(F)ccc2Sc2ccc(Cl)cc2)CC1. The maximum atomic E-state index is 14.0. The lowest BCUT2D eigenvalue weighted by Gasteiger charge is -2.39. The van der Waals surface area contributed by atoms with E-state index < -0.39 is 23.1 Å². The third-order valence-electron chi connectivity index (χ3n) is 4.73. The van der Waals surface area contributed by atoms with Crippen LogP contribution in [0.15, 0.2) is 52.3 Å². The Bertz CT molecular complexity index is 875. The first-order chi connectivity index (χ1) is 13.6. The number of aliphatic hydroxyl groups is 1. The van der Waals surface area contributed by atoms with E-state index in [0.29, 0.717) is 36.5 Å². The molecule has 1 saturated heterocycles. The molecule has 0 unspecified atom stereocenters. The average molecular weight is 438 g/mol. The number of nitrogens with zero attached hydrogens (tertiary/aromatic N) is 1. The van der Waals surface area contributed by atoms with Gasteiger partial charge in [-0.25, -0.2) is 9.18 Å². The van der Waals surface area contributed by atoms with Crippen molar-refractivity contribution in [3.05, 3.63) is 58.9 Å². The van der Waals surface area contributed by atoms with Crippen LogP contribution in [0.1, 0.15) is 39.2 Å². The molecule has 0 aromatic heterocycles. The number of benzene rings is 2. The third kappa shape index (κ3) is 5.65. The van der Waals surface area contributed by atoms with Crippen LogP contribution in [-0.2, 0) is 10.3 Å². The van der Waals surface area contributed by atoms with Crippen molar-refractivity contribution in [1.82, 2.24) is 4.90 Å². The minimum Gasteiger partial charge on any atom is -0.444 e. The molecule has 29 heavy (non-hydrogen) atoms. The van der Waals surface area contributed by atoms with E-state index in [1.165, 1.54) is 23.9 Å². The molecule has 2 aromatic rings. The van der Waals surface area contributed by atoms with Crippen molar-refractivity contribution in [1.29, 1.82) is 0 Å². The van der Waals surface area contributed by atoms with Gasteiger partial charge in [0, 0.05) is 33.5 Å². The molecule has 0 saturated carbocycles. The predicted molar refractivity (Wildman–Crippen MR) is 113 cm³/mol. The lowest BCUT2D eigenvalue weighted by Crippen LogP contribution is -2.47. The van der Waals surface area contributed by atoms with E-state index in [9.17, 15) is 14.3 Å². The summed E-state index contributed by atoms with van der Waals surface area (Å²) < 4.78 is 19.4. The molecular formula is C22H25ClFNO3S. The Hall–Kier alpha value is -1.76. The molecule has 1 aliphatic heterocycles. The molecule has 1 amide bonds. The number of likely N-dealkylation sites (tertiary alicyclic amines) is 1. The molecule has 1 heterocycles. The molecule has 7 heteroatoms. The van der Waals surface area contributed by atoms with Gasteiger partial charge in [-0.05, 0) is 76.1 Å². The Kier molecular flexibility index (Phi) is 6.46. The minimum absolute atomic E-state index is 0.309. The summed E-state index contributed by atoms with van der Waals surface area (Å²) in [5.74, 6) is -0.400. The van der Waals surface area contributed by atoms with Crippen LogP contribution in [0.25, 0.3) is 0 Å². The second-order valence-electron chi connectivity index (χ2n) is 8.20. The van der Waals surface area contributed by atoms with E-state index >= 15 is 0 Å². The van der Waals surface area contributed by atoms with Crippen LogP contribution in [0.5, 0.6) is 0 Å². The van der Waals surface area contributed by atoms with Crippen molar-refractivity contribution in [3.63, 3.8) is 0 Å². The largest absolute Gasteiger partial charge is 0.444 e. The van der Waals surface area contributed by atoms with Crippen molar-refractivity contribution in [2.75, 3.05) is 13.1 Å². The standard InChI is InChI=1S/C22H25ClFNO3S/c1-21(2,3)28-20(26)25-12-10-22(27,11-13-25)18-14-16(24)6-9-19(18)29-17-7-4-15(23)5-8-17/h4-9,14,27H,10-13H2,1-3H3. The Morgan fingerprint density at radius 2 is 1.79 bits per heavy atom. The summed E-state index contributed by atoms with van der Waals surface area (Å²) in [6.45, 7) is 6.13. The molecule has 1 aliphatic rings. The van der Waals surface area contributed by atoms with Gasteiger partial charge in [-0.15, -0.1) is 0 Å². The molecular weight excluding hydrogens is 413 g/mol. The third-order valence-corrected chi connectivity index (χ3v) is 6.06. The Morgan fingerprint density at radius 3 is 2.38 bits per heavy atom. The van der Waals surface area contributed by atoms with Crippen LogP contribution in [0.4, 0.5) is 9.18 Å². The van der Waals surface area contributed by atoms with E-state index in [4.69, 9.17) is 16.3 Å². The van der Waals surface area contributed by atoms with Crippen LogP contribution in [0.3, 0.4) is 0 Å². The lowest BCUT2D eigenvalue weighted by molar-refractivity contribution is -0.0373. The van der Waals surface area contributed by atoms with E-state index in [1.54, 1.807) is 23.1 Å². The molecule has 1 N–H and O–H groups in total. The number of hydrogen-bond acceptors (Lipinski definition) is 4. The first-order valence-electron chi connectivity index (χ1n) is 9.49. The molecule has 4 nitrogen and oxygen atoms in total. The maximum absolute atomic E-state index is 14.0. The molecule has 0 spiro atoms. The zero-order valence-corrected chi connectivity index (χ0v) is 18.3. The Balaban J connectivity index is 1.78. The van der Waals surface area contributed by atoms with E-state index in [-0.39, 0.29) is 0 Å². The van der Waals surface area contributed by atoms with E-state index in [1.807, 2.05) is 32.9 Å². The number of amides is 1. The summed E-state index contributed by atoms with van der Waals surface area (Å²) in [5, 5.41) is 12.0. The van der Waals surface area contributed by atoms with Crippen molar-refractivity contribution in [3.8, 4) is 0 Å². The normalized spacial score (nSPS) is 16.6. The highest BCUT2D eigenvalue weighted by molar-refractivity contribution is 7.99. The number of carbonyl (C=O) groups is 1. The molecule has 0 radical (unpaired) electrons. The van der Waals surface area contributed by atoms with Crippen molar-refractivity contribution >= 4 is 29.5 Å². The van der Waals surface area contributed by atoms with Gasteiger partial charge in [-0.2, -0.15) is 0 Å². The van der Waals surface area contributed by atoms with Gasteiger partial charge >= 0.3 is 6.09 Å². The topological polar surface area (TPSA) is 49.8 Å². The summed E-state index contributed by atoms with van der Waals surface area (Å²) in [5.41, 5.74) is -1.24. The zero-order chi connectivity index (χ0) is 21.2. The van der Waals surface area contributed by atoms with Crippen molar-refractivity contribution in [2.45, 2.75) is 54.6 Å². The Labute approximate surface area is 180 Å².